The third-order valence-corrected chi connectivity index (χ3v) is 7.71. The summed E-state index contributed by atoms with van der Waals surface area (Å²) in [6.07, 6.45) is -3.48. The first-order chi connectivity index (χ1) is 16.9. The fourth-order valence-corrected chi connectivity index (χ4v) is 5.46. The lowest BCUT2D eigenvalue weighted by molar-refractivity contribution is -0.137. The summed E-state index contributed by atoms with van der Waals surface area (Å²) < 4.78 is 68.1. The van der Waals surface area contributed by atoms with E-state index in [0.717, 1.165) is 21.2 Å². The van der Waals surface area contributed by atoms with Crippen LogP contribution in [0.4, 0.5) is 13.2 Å². The first-order valence-corrected chi connectivity index (χ1v) is 12.6. The van der Waals surface area contributed by atoms with Crippen molar-refractivity contribution in [1.29, 1.82) is 0 Å². The van der Waals surface area contributed by atoms with Crippen LogP contribution in [0.1, 0.15) is 52.5 Å². The van der Waals surface area contributed by atoms with Crippen molar-refractivity contribution in [3.05, 3.63) is 94.8 Å². The second kappa shape index (κ2) is 9.42. The van der Waals surface area contributed by atoms with E-state index < -0.39 is 27.7 Å². The number of aryl methyl sites for hydroxylation is 2. The van der Waals surface area contributed by atoms with Gasteiger partial charge in [-0.25, -0.2) is 22.2 Å². The zero-order chi connectivity index (χ0) is 26.3. The summed E-state index contributed by atoms with van der Waals surface area (Å²) in [5.41, 5.74) is 1.02. The van der Waals surface area contributed by atoms with Gasteiger partial charge in [0.2, 0.25) is 0 Å². The maximum absolute atomic E-state index is 13.7. The molecule has 0 aliphatic rings. The lowest BCUT2D eigenvalue weighted by atomic mass is 10.0. The fourth-order valence-electron chi connectivity index (χ4n) is 3.94. The quantitative estimate of drug-likeness (QED) is 0.330. The summed E-state index contributed by atoms with van der Waals surface area (Å²) in [7, 11) is -4.17. The van der Waals surface area contributed by atoms with E-state index in [-0.39, 0.29) is 39.5 Å². The van der Waals surface area contributed by atoms with E-state index in [1.54, 1.807) is 24.3 Å². The molecule has 0 atom stereocenters. The molecule has 0 saturated heterocycles. The molecular formula is C26H23F3N2O4S. The largest absolute Gasteiger partial charge is 0.478 e. The highest BCUT2D eigenvalue weighted by molar-refractivity contribution is 7.90. The molecule has 2 aromatic carbocycles. The highest BCUT2D eigenvalue weighted by atomic mass is 32.2. The third kappa shape index (κ3) is 4.99. The Morgan fingerprint density at radius 3 is 2.19 bits per heavy atom. The second-order valence-corrected chi connectivity index (χ2v) is 10.6. The van der Waals surface area contributed by atoms with E-state index in [2.05, 4.69) is 4.98 Å². The summed E-state index contributed by atoms with van der Waals surface area (Å²) >= 11 is 0. The number of rotatable bonds is 7. The van der Waals surface area contributed by atoms with Gasteiger partial charge in [0.1, 0.15) is 0 Å². The van der Waals surface area contributed by atoms with Crippen molar-refractivity contribution in [2.75, 3.05) is 0 Å². The summed E-state index contributed by atoms with van der Waals surface area (Å²) in [6, 6.07) is 14.8. The molecule has 0 bridgehead atoms. The van der Waals surface area contributed by atoms with Crippen LogP contribution >= 0.6 is 0 Å². The van der Waals surface area contributed by atoms with Crippen molar-refractivity contribution in [1.82, 2.24) is 8.96 Å². The molecular weight excluding hydrogens is 493 g/mol. The minimum absolute atomic E-state index is 0.00170. The monoisotopic (exact) mass is 516 g/mol. The van der Waals surface area contributed by atoms with Crippen LogP contribution in [0.25, 0.3) is 11.0 Å². The molecule has 6 nitrogen and oxygen atoms in total. The first-order valence-electron chi connectivity index (χ1n) is 11.1. The molecule has 0 unspecified atom stereocenters. The van der Waals surface area contributed by atoms with Gasteiger partial charge < -0.3 is 5.11 Å². The summed E-state index contributed by atoms with van der Waals surface area (Å²) in [4.78, 5) is 15.0. The van der Waals surface area contributed by atoms with Crippen LogP contribution in [0, 0.1) is 0 Å². The molecule has 0 aliphatic carbocycles. The van der Waals surface area contributed by atoms with E-state index in [1.165, 1.54) is 30.3 Å². The standard InChI is InChI=1S/C26H23F3N2O4S/c1-16(2)18-8-11-23(12-9-18)36(34,35)31-22(10-5-17-3-6-19(7-4-17)25(32)33)14-20-13-21(26(27,28)29)15-30-24(20)31/h3-4,6-9,11-16H,5,10H2,1-2H3,(H,32,33). The number of hydrogen-bond acceptors (Lipinski definition) is 4. The predicted molar refractivity (Wildman–Crippen MR) is 129 cm³/mol. The average Bonchev–Trinajstić information content (AvgIpc) is 3.21. The Kier molecular flexibility index (Phi) is 6.66. The second-order valence-electron chi connectivity index (χ2n) is 8.77. The van der Waals surface area contributed by atoms with Crippen LogP contribution < -0.4 is 0 Å². The molecule has 0 saturated carbocycles. The van der Waals surface area contributed by atoms with E-state index in [4.69, 9.17) is 5.11 Å². The van der Waals surface area contributed by atoms with Gasteiger partial charge >= 0.3 is 12.1 Å². The van der Waals surface area contributed by atoms with E-state index in [1.807, 2.05) is 13.8 Å². The van der Waals surface area contributed by atoms with E-state index >= 15 is 0 Å². The molecule has 36 heavy (non-hydrogen) atoms. The number of hydrogen-bond donors (Lipinski definition) is 1. The van der Waals surface area contributed by atoms with Crippen molar-refractivity contribution in [3.8, 4) is 0 Å². The van der Waals surface area contributed by atoms with Gasteiger partial charge in [0.25, 0.3) is 10.0 Å². The number of fused-ring (bicyclic) bond motifs is 1. The van der Waals surface area contributed by atoms with Crippen molar-refractivity contribution < 1.29 is 31.5 Å². The van der Waals surface area contributed by atoms with Crippen LogP contribution in [0.15, 0.2) is 71.8 Å². The minimum Gasteiger partial charge on any atom is -0.478 e. The number of pyridine rings is 1. The molecule has 1 N–H and O–H groups in total. The molecule has 4 rings (SSSR count). The molecule has 2 heterocycles. The number of benzene rings is 2. The predicted octanol–water partition coefficient (Wildman–Crippen LogP) is 5.90. The summed E-state index contributed by atoms with van der Waals surface area (Å²) in [5.74, 6) is -0.873. The number of carboxylic acids is 1. The summed E-state index contributed by atoms with van der Waals surface area (Å²) in [6.45, 7) is 3.96. The van der Waals surface area contributed by atoms with Gasteiger partial charge in [-0.3, -0.25) is 0 Å². The van der Waals surface area contributed by atoms with Crippen LogP contribution in [0.3, 0.4) is 0 Å². The Labute approximate surface area is 206 Å². The van der Waals surface area contributed by atoms with Gasteiger partial charge in [-0.1, -0.05) is 38.1 Å². The Balaban J connectivity index is 1.79. The highest BCUT2D eigenvalue weighted by Gasteiger charge is 2.32. The van der Waals surface area contributed by atoms with Gasteiger partial charge in [0.05, 0.1) is 16.0 Å². The highest BCUT2D eigenvalue weighted by Crippen LogP contribution is 2.33. The lowest BCUT2D eigenvalue weighted by Crippen LogP contribution is -2.17. The Morgan fingerprint density at radius 1 is 1.00 bits per heavy atom. The van der Waals surface area contributed by atoms with Gasteiger partial charge in [-0.05, 0) is 66.3 Å². The van der Waals surface area contributed by atoms with Crippen LogP contribution in [-0.2, 0) is 29.0 Å². The zero-order valence-electron chi connectivity index (χ0n) is 19.5. The Bertz CT molecular complexity index is 1520. The molecule has 0 aliphatic heterocycles. The number of halogens is 3. The molecule has 0 amide bonds. The number of carboxylic acid groups (broad SMARTS) is 1. The molecule has 2 aromatic heterocycles. The first kappa shape index (κ1) is 25.4. The lowest BCUT2D eigenvalue weighted by Gasteiger charge is -2.13. The third-order valence-electron chi connectivity index (χ3n) is 5.95. The zero-order valence-corrected chi connectivity index (χ0v) is 20.3. The van der Waals surface area contributed by atoms with Crippen LogP contribution in [0.2, 0.25) is 0 Å². The van der Waals surface area contributed by atoms with Crippen molar-refractivity contribution in [3.63, 3.8) is 0 Å². The fraction of sp³-hybridized carbons (Fsp3) is 0.231. The number of aromatic nitrogens is 2. The smallest absolute Gasteiger partial charge is 0.417 e. The number of nitrogens with zero attached hydrogens (tertiary/aromatic N) is 2. The van der Waals surface area contributed by atoms with Gasteiger partial charge in [0, 0.05) is 17.3 Å². The number of alkyl halides is 3. The van der Waals surface area contributed by atoms with E-state index in [9.17, 15) is 26.4 Å². The molecule has 0 spiro atoms. The Morgan fingerprint density at radius 2 is 1.64 bits per heavy atom. The molecule has 4 aromatic rings. The maximum atomic E-state index is 13.7. The average molecular weight is 517 g/mol. The summed E-state index contributed by atoms with van der Waals surface area (Å²) in [5, 5.41) is 9.13. The Hall–Kier alpha value is -3.66. The van der Waals surface area contributed by atoms with Gasteiger partial charge in [-0.2, -0.15) is 13.2 Å². The molecule has 0 radical (unpaired) electrons. The molecule has 188 valence electrons. The topological polar surface area (TPSA) is 89.3 Å². The normalized spacial score (nSPS) is 12.4. The van der Waals surface area contributed by atoms with Crippen molar-refractivity contribution >= 4 is 27.0 Å². The maximum Gasteiger partial charge on any atom is 0.417 e. The van der Waals surface area contributed by atoms with Gasteiger partial charge in [-0.15, -0.1) is 0 Å². The number of carbonyl (C=O) groups is 1. The van der Waals surface area contributed by atoms with Crippen molar-refractivity contribution in [2.45, 2.75) is 43.7 Å². The number of aromatic carboxylic acids is 1. The minimum atomic E-state index is -4.62. The molecule has 0 fully saturated rings. The van der Waals surface area contributed by atoms with Gasteiger partial charge in [0.15, 0.2) is 5.65 Å². The van der Waals surface area contributed by atoms with Crippen molar-refractivity contribution in [2.24, 2.45) is 0 Å². The van der Waals surface area contributed by atoms with E-state index in [0.29, 0.717) is 12.6 Å². The van der Waals surface area contributed by atoms with Crippen LogP contribution in [0.5, 0.6) is 0 Å². The SMILES string of the molecule is CC(C)c1ccc(S(=O)(=O)n2c(CCc3ccc(C(=O)O)cc3)cc3cc(C(F)(F)F)cnc32)cc1. The van der Waals surface area contributed by atoms with Crippen LogP contribution in [-0.4, -0.2) is 28.5 Å². The molecule has 10 heteroatoms.